The number of amides is 1. The fraction of sp³-hybridized carbons (Fsp3) is 0.0476. The Hall–Kier alpha value is -3.94. The highest BCUT2D eigenvalue weighted by Gasteiger charge is 2.23. The number of benzene rings is 2. The van der Waals surface area contributed by atoms with Crippen LogP contribution < -0.4 is 5.32 Å². The summed E-state index contributed by atoms with van der Waals surface area (Å²) in [5, 5.41) is 10.7. The number of aromatic nitrogens is 4. The van der Waals surface area contributed by atoms with Gasteiger partial charge in [0.25, 0.3) is 5.91 Å². The van der Waals surface area contributed by atoms with E-state index in [-0.39, 0.29) is 11.5 Å². The lowest BCUT2D eigenvalue weighted by atomic mass is 10.1. The number of rotatable bonds is 4. The summed E-state index contributed by atoms with van der Waals surface area (Å²) in [7, 11) is 0. The van der Waals surface area contributed by atoms with Crippen molar-refractivity contribution in [1.29, 1.82) is 0 Å². The third-order valence-corrected chi connectivity index (χ3v) is 4.29. The van der Waals surface area contributed by atoms with E-state index in [2.05, 4.69) is 20.6 Å². The second-order valence-electron chi connectivity index (χ2n) is 6.34. The van der Waals surface area contributed by atoms with Gasteiger partial charge in [-0.05, 0) is 61.0 Å². The molecule has 1 amide bonds. The zero-order chi connectivity index (χ0) is 20.4. The molecule has 0 aliphatic carbocycles. The molecule has 0 saturated heterocycles. The van der Waals surface area contributed by atoms with Gasteiger partial charge in [-0.1, -0.05) is 11.3 Å². The Bertz CT molecular complexity index is 1190. The van der Waals surface area contributed by atoms with Crippen molar-refractivity contribution in [3.8, 4) is 16.9 Å². The maximum Gasteiger partial charge on any atom is 0.278 e. The Kier molecular flexibility index (Phi) is 4.82. The minimum absolute atomic E-state index is 0.0317. The summed E-state index contributed by atoms with van der Waals surface area (Å²) >= 11 is 0. The van der Waals surface area contributed by atoms with Crippen LogP contribution in [0, 0.1) is 18.6 Å². The van der Waals surface area contributed by atoms with Crippen molar-refractivity contribution in [2.75, 3.05) is 5.32 Å². The molecular weight excluding hydrogens is 376 g/mol. The number of carbonyl (C=O) groups excluding carboxylic acids is 1. The first-order chi connectivity index (χ1) is 14.0. The molecule has 0 saturated carbocycles. The maximum absolute atomic E-state index is 13.7. The number of aryl methyl sites for hydroxylation is 1. The second-order valence-corrected chi connectivity index (χ2v) is 6.34. The lowest BCUT2D eigenvalue weighted by molar-refractivity contribution is 0.102. The summed E-state index contributed by atoms with van der Waals surface area (Å²) in [6.07, 6.45) is 3.18. The first kappa shape index (κ1) is 18.4. The van der Waals surface area contributed by atoms with Gasteiger partial charge >= 0.3 is 0 Å². The molecule has 8 heteroatoms. The minimum Gasteiger partial charge on any atom is -0.320 e. The van der Waals surface area contributed by atoms with Crippen LogP contribution in [0.15, 0.2) is 67.0 Å². The zero-order valence-electron chi connectivity index (χ0n) is 15.3. The molecule has 4 rings (SSSR count). The Morgan fingerprint density at radius 2 is 1.93 bits per heavy atom. The van der Waals surface area contributed by atoms with Crippen molar-refractivity contribution in [3.05, 3.63) is 89.9 Å². The highest BCUT2D eigenvalue weighted by Crippen LogP contribution is 2.26. The monoisotopic (exact) mass is 391 g/mol. The molecule has 0 spiro atoms. The molecule has 2 aromatic heterocycles. The van der Waals surface area contributed by atoms with Crippen LogP contribution in [0.25, 0.3) is 16.9 Å². The van der Waals surface area contributed by atoms with Gasteiger partial charge in [-0.25, -0.2) is 13.5 Å². The van der Waals surface area contributed by atoms with Crippen LogP contribution in [0.1, 0.15) is 16.1 Å². The van der Waals surface area contributed by atoms with E-state index in [1.54, 1.807) is 49.6 Å². The third kappa shape index (κ3) is 3.73. The first-order valence-electron chi connectivity index (χ1n) is 8.72. The van der Waals surface area contributed by atoms with Crippen LogP contribution in [0.3, 0.4) is 0 Å². The van der Waals surface area contributed by atoms with E-state index in [0.717, 1.165) is 0 Å². The summed E-state index contributed by atoms with van der Waals surface area (Å²) in [6.45, 7) is 1.64. The molecule has 2 heterocycles. The number of carbonyl (C=O) groups is 1. The summed E-state index contributed by atoms with van der Waals surface area (Å²) < 4.78 is 28.6. The van der Waals surface area contributed by atoms with E-state index in [4.69, 9.17) is 0 Å². The predicted molar refractivity (Wildman–Crippen MR) is 104 cm³/mol. The molecule has 4 aromatic rings. The molecule has 0 fully saturated rings. The molecule has 0 radical (unpaired) electrons. The fourth-order valence-electron chi connectivity index (χ4n) is 2.89. The van der Waals surface area contributed by atoms with Crippen molar-refractivity contribution < 1.29 is 13.6 Å². The smallest absolute Gasteiger partial charge is 0.278 e. The van der Waals surface area contributed by atoms with Gasteiger partial charge in [-0.15, -0.1) is 5.10 Å². The lowest BCUT2D eigenvalue weighted by Crippen LogP contribution is -2.14. The zero-order valence-corrected chi connectivity index (χ0v) is 15.3. The van der Waals surface area contributed by atoms with Gasteiger partial charge in [0.1, 0.15) is 17.3 Å². The molecule has 0 atom stereocenters. The van der Waals surface area contributed by atoms with E-state index in [1.165, 1.54) is 28.9 Å². The van der Waals surface area contributed by atoms with Crippen LogP contribution >= 0.6 is 0 Å². The molecular formula is C21H15F2N5O. The molecule has 2 aromatic carbocycles. The van der Waals surface area contributed by atoms with Crippen LogP contribution in [0.5, 0.6) is 0 Å². The van der Waals surface area contributed by atoms with Crippen molar-refractivity contribution in [1.82, 2.24) is 20.0 Å². The second kappa shape index (κ2) is 7.59. The number of hydrogen-bond acceptors (Lipinski definition) is 4. The average Bonchev–Trinajstić information content (AvgIpc) is 3.16. The lowest BCUT2D eigenvalue weighted by Gasteiger charge is -2.09. The Balaban J connectivity index is 1.81. The molecule has 144 valence electrons. The summed E-state index contributed by atoms with van der Waals surface area (Å²) in [6, 6.07) is 13.5. The van der Waals surface area contributed by atoms with Gasteiger partial charge < -0.3 is 5.32 Å². The van der Waals surface area contributed by atoms with Gasteiger partial charge in [0.15, 0.2) is 5.69 Å². The fourth-order valence-corrected chi connectivity index (χ4v) is 2.89. The molecule has 6 nitrogen and oxygen atoms in total. The quantitative estimate of drug-likeness (QED) is 0.567. The van der Waals surface area contributed by atoms with E-state index >= 15 is 0 Å². The van der Waals surface area contributed by atoms with E-state index in [1.807, 2.05) is 0 Å². The molecule has 0 bridgehead atoms. The summed E-state index contributed by atoms with van der Waals surface area (Å²) in [4.78, 5) is 16.9. The molecule has 0 aliphatic rings. The van der Waals surface area contributed by atoms with Crippen LogP contribution in [-0.4, -0.2) is 25.9 Å². The van der Waals surface area contributed by atoms with Gasteiger partial charge in [-0.3, -0.25) is 9.78 Å². The largest absolute Gasteiger partial charge is 0.320 e. The number of anilines is 1. The highest BCUT2D eigenvalue weighted by molar-refractivity contribution is 6.06. The van der Waals surface area contributed by atoms with Crippen molar-refractivity contribution in [2.45, 2.75) is 6.92 Å². The molecule has 1 N–H and O–H groups in total. The van der Waals surface area contributed by atoms with Crippen molar-refractivity contribution in [2.24, 2.45) is 0 Å². The van der Waals surface area contributed by atoms with Crippen LogP contribution in [0.2, 0.25) is 0 Å². The highest BCUT2D eigenvalue weighted by atomic mass is 19.1. The number of hydrogen-bond donors (Lipinski definition) is 1. The van der Waals surface area contributed by atoms with Gasteiger partial charge in [-0.2, -0.15) is 0 Å². The van der Waals surface area contributed by atoms with Gasteiger partial charge in [0.2, 0.25) is 0 Å². The standard InChI is InChI=1S/C21H15F2N5O/c1-13-10-17(7-8-18(13)23)28-20(14-4-3-9-24-12-14)19(26-27-28)21(29)25-16-6-2-5-15(22)11-16/h2-12H,1H3,(H,25,29). The van der Waals surface area contributed by atoms with Crippen LogP contribution in [-0.2, 0) is 0 Å². The summed E-state index contributed by atoms with van der Waals surface area (Å²) in [5.74, 6) is -1.37. The van der Waals surface area contributed by atoms with Gasteiger partial charge in [0, 0.05) is 23.6 Å². The van der Waals surface area contributed by atoms with E-state index in [9.17, 15) is 13.6 Å². The number of nitrogens with one attached hydrogen (secondary N) is 1. The minimum atomic E-state index is -0.556. The van der Waals surface area contributed by atoms with E-state index in [0.29, 0.717) is 28.2 Å². The van der Waals surface area contributed by atoms with E-state index < -0.39 is 11.7 Å². The Labute approximate surface area is 164 Å². The number of halogens is 2. The van der Waals surface area contributed by atoms with Crippen molar-refractivity contribution >= 4 is 11.6 Å². The van der Waals surface area contributed by atoms with Crippen LogP contribution in [0.4, 0.5) is 14.5 Å². The topological polar surface area (TPSA) is 72.7 Å². The number of pyridine rings is 1. The predicted octanol–water partition coefficient (Wildman–Crippen LogP) is 4.17. The van der Waals surface area contributed by atoms with Crippen molar-refractivity contribution in [3.63, 3.8) is 0 Å². The molecule has 0 unspecified atom stereocenters. The normalized spacial score (nSPS) is 10.7. The Morgan fingerprint density at radius 3 is 2.66 bits per heavy atom. The van der Waals surface area contributed by atoms with Gasteiger partial charge in [0.05, 0.1) is 5.69 Å². The summed E-state index contributed by atoms with van der Waals surface area (Å²) in [5.41, 5.74) is 2.28. The third-order valence-electron chi connectivity index (χ3n) is 4.29. The molecule has 0 aliphatic heterocycles. The average molecular weight is 391 g/mol. The maximum atomic E-state index is 13.7. The Morgan fingerprint density at radius 1 is 1.07 bits per heavy atom. The first-order valence-corrected chi connectivity index (χ1v) is 8.72. The SMILES string of the molecule is Cc1cc(-n2nnc(C(=O)Nc3cccc(F)c3)c2-c2cccnc2)ccc1F. The molecule has 29 heavy (non-hydrogen) atoms. The number of nitrogens with zero attached hydrogens (tertiary/aromatic N) is 4.